The molecular formula is C27H29N3O4. The number of likely N-dealkylation sites (tertiary alicyclic amines) is 1. The summed E-state index contributed by atoms with van der Waals surface area (Å²) in [6.45, 7) is 7.62. The average molecular weight is 460 g/mol. The van der Waals surface area contributed by atoms with Crippen LogP contribution in [0.4, 0.5) is 0 Å². The van der Waals surface area contributed by atoms with Gasteiger partial charge in [-0.3, -0.25) is 4.79 Å². The molecule has 1 saturated heterocycles. The van der Waals surface area contributed by atoms with Gasteiger partial charge in [0, 0.05) is 24.4 Å². The number of furan rings is 1. The van der Waals surface area contributed by atoms with Crippen LogP contribution >= 0.6 is 0 Å². The van der Waals surface area contributed by atoms with Crippen LogP contribution in [0, 0.1) is 6.92 Å². The van der Waals surface area contributed by atoms with Gasteiger partial charge in [0.05, 0.1) is 11.5 Å². The van der Waals surface area contributed by atoms with Crippen LogP contribution in [0.25, 0.3) is 11.0 Å². The largest absolute Gasteiger partial charge is 0.489 e. The highest BCUT2D eigenvalue weighted by molar-refractivity contribution is 6.07. The van der Waals surface area contributed by atoms with Crippen molar-refractivity contribution in [1.82, 2.24) is 15.0 Å². The third kappa shape index (κ3) is 4.42. The van der Waals surface area contributed by atoms with Crippen molar-refractivity contribution >= 4 is 16.9 Å². The van der Waals surface area contributed by atoms with E-state index < -0.39 is 0 Å². The van der Waals surface area contributed by atoms with Crippen LogP contribution in [0.5, 0.6) is 5.75 Å². The first kappa shape index (κ1) is 22.2. The number of aryl methyl sites for hydroxylation is 1. The predicted octanol–water partition coefficient (Wildman–Crippen LogP) is 5.85. The van der Waals surface area contributed by atoms with E-state index >= 15 is 0 Å². The predicted molar refractivity (Wildman–Crippen MR) is 128 cm³/mol. The SMILES string of the molecule is Cc1oc2ccc(OCc3ccccc3)cc2c1C(=O)N1CCCC(c2nc(C(C)C)no2)C1. The molecule has 0 aliphatic carbocycles. The molecule has 176 valence electrons. The van der Waals surface area contributed by atoms with Gasteiger partial charge in [0.1, 0.15) is 23.7 Å². The Labute approximate surface area is 198 Å². The summed E-state index contributed by atoms with van der Waals surface area (Å²) in [6.07, 6.45) is 1.81. The first-order valence-corrected chi connectivity index (χ1v) is 11.8. The van der Waals surface area contributed by atoms with Crippen LogP contribution in [0.15, 0.2) is 57.5 Å². The summed E-state index contributed by atoms with van der Waals surface area (Å²) >= 11 is 0. The first-order chi connectivity index (χ1) is 16.5. The smallest absolute Gasteiger partial charge is 0.258 e. The van der Waals surface area contributed by atoms with E-state index in [4.69, 9.17) is 13.7 Å². The minimum absolute atomic E-state index is 0.0373. The summed E-state index contributed by atoms with van der Waals surface area (Å²) in [5.74, 6) is 2.85. The number of nitrogens with zero attached hydrogens (tertiary/aromatic N) is 3. The van der Waals surface area contributed by atoms with E-state index in [9.17, 15) is 4.79 Å². The fourth-order valence-corrected chi connectivity index (χ4v) is 4.46. The van der Waals surface area contributed by atoms with Crippen molar-refractivity contribution in [3.05, 3.63) is 77.1 Å². The summed E-state index contributed by atoms with van der Waals surface area (Å²) in [5.41, 5.74) is 2.36. The van der Waals surface area contributed by atoms with E-state index in [1.807, 2.05) is 74.2 Å². The molecule has 1 fully saturated rings. The lowest BCUT2D eigenvalue weighted by atomic mass is 9.97. The molecule has 3 heterocycles. The number of aromatic nitrogens is 2. The molecule has 0 spiro atoms. The highest BCUT2D eigenvalue weighted by Crippen LogP contribution is 2.33. The van der Waals surface area contributed by atoms with E-state index in [0.29, 0.717) is 54.1 Å². The van der Waals surface area contributed by atoms with Gasteiger partial charge >= 0.3 is 0 Å². The Kier molecular flexibility index (Phi) is 6.09. The molecule has 7 heteroatoms. The summed E-state index contributed by atoms with van der Waals surface area (Å²) in [6, 6.07) is 15.6. The number of amides is 1. The molecule has 4 aromatic rings. The Hall–Kier alpha value is -3.61. The number of ether oxygens (including phenoxy) is 1. The molecule has 5 rings (SSSR count). The number of hydrogen-bond donors (Lipinski definition) is 0. The molecular weight excluding hydrogens is 430 g/mol. The van der Waals surface area contributed by atoms with Gasteiger partial charge in [-0.2, -0.15) is 4.98 Å². The minimum atomic E-state index is -0.0373. The van der Waals surface area contributed by atoms with Gasteiger partial charge in [-0.1, -0.05) is 49.3 Å². The van der Waals surface area contributed by atoms with Gasteiger partial charge in [-0.05, 0) is 43.5 Å². The van der Waals surface area contributed by atoms with Gasteiger partial charge in [-0.15, -0.1) is 0 Å². The van der Waals surface area contributed by atoms with Crippen LogP contribution in [-0.2, 0) is 6.61 Å². The second kappa shape index (κ2) is 9.33. The topological polar surface area (TPSA) is 81.6 Å². The molecule has 1 aliphatic rings. The van der Waals surface area contributed by atoms with Gasteiger partial charge in [0.15, 0.2) is 5.82 Å². The van der Waals surface area contributed by atoms with Crippen LogP contribution < -0.4 is 4.74 Å². The number of carbonyl (C=O) groups is 1. The van der Waals surface area contributed by atoms with Crippen molar-refractivity contribution < 1.29 is 18.5 Å². The summed E-state index contributed by atoms with van der Waals surface area (Å²) < 4.78 is 17.4. The summed E-state index contributed by atoms with van der Waals surface area (Å²) in [5, 5.41) is 4.87. The Morgan fingerprint density at radius 2 is 2.03 bits per heavy atom. The van der Waals surface area contributed by atoms with Gasteiger partial charge < -0.3 is 18.6 Å². The van der Waals surface area contributed by atoms with E-state index in [0.717, 1.165) is 23.8 Å². The number of hydrogen-bond acceptors (Lipinski definition) is 6. The number of benzene rings is 2. The Balaban J connectivity index is 1.36. The van der Waals surface area contributed by atoms with Crippen molar-refractivity contribution in [2.24, 2.45) is 0 Å². The zero-order valence-electron chi connectivity index (χ0n) is 19.8. The highest BCUT2D eigenvalue weighted by Gasteiger charge is 2.31. The molecule has 7 nitrogen and oxygen atoms in total. The third-order valence-corrected chi connectivity index (χ3v) is 6.33. The van der Waals surface area contributed by atoms with Gasteiger partial charge in [0.25, 0.3) is 5.91 Å². The Bertz CT molecular complexity index is 1290. The number of piperidine rings is 1. The Morgan fingerprint density at radius 1 is 1.21 bits per heavy atom. The molecule has 1 unspecified atom stereocenters. The molecule has 2 aromatic carbocycles. The fraction of sp³-hybridized carbons (Fsp3) is 0.370. The average Bonchev–Trinajstić information content (AvgIpc) is 3.47. The minimum Gasteiger partial charge on any atom is -0.489 e. The van der Waals surface area contributed by atoms with E-state index in [1.54, 1.807) is 0 Å². The first-order valence-electron chi connectivity index (χ1n) is 11.8. The van der Waals surface area contributed by atoms with Crippen molar-refractivity contribution in [3.63, 3.8) is 0 Å². The summed E-state index contributed by atoms with van der Waals surface area (Å²) in [4.78, 5) is 20.1. The number of carbonyl (C=O) groups excluding carboxylic acids is 1. The Morgan fingerprint density at radius 3 is 2.79 bits per heavy atom. The second-order valence-corrected chi connectivity index (χ2v) is 9.20. The van der Waals surface area contributed by atoms with Gasteiger partial charge in [0.2, 0.25) is 5.89 Å². The molecule has 0 N–H and O–H groups in total. The normalized spacial score (nSPS) is 16.4. The molecule has 1 atom stereocenters. The van der Waals surface area contributed by atoms with Crippen molar-refractivity contribution in [3.8, 4) is 5.75 Å². The maximum absolute atomic E-state index is 13.6. The van der Waals surface area contributed by atoms with E-state index in [-0.39, 0.29) is 17.7 Å². The zero-order chi connectivity index (χ0) is 23.7. The van der Waals surface area contributed by atoms with Crippen LogP contribution in [0.2, 0.25) is 0 Å². The van der Waals surface area contributed by atoms with Crippen molar-refractivity contribution in [2.75, 3.05) is 13.1 Å². The lowest BCUT2D eigenvalue weighted by Crippen LogP contribution is -2.39. The van der Waals surface area contributed by atoms with Crippen LogP contribution in [0.1, 0.15) is 71.9 Å². The molecule has 2 aromatic heterocycles. The monoisotopic (exact) mass is 459 g/mol. The van der Waals surface area contributed by atoms with Crippen molar-refractivity contribution in [2.45, 2.75) is 52.1 Å². The van der Waals surface area contributed by atoms with Crippen LogP contribution in [0.3, 0.4) is 0 Å². The van der Waals surface area contributed by atoms with Gasteiger partial charge in [-0.25, -0.2) is 0 Å². The molecule has 1 amide bonds. The lowest BCUT2D eigenvalue weighted by Gasteiger charge is -2.31. The summed E-state index contributed by atoms with van der Waals surface area (Å²) in [7, 11) is 0. The molecule has 0 radical (unpaired) electrons. The molecule has 0 saturated carbocycles. The maximum Gasteiger partial charge on any atom is 0.258 e. The quantitative estimate of drug-likeness (QED) is 0.360. The number of rotatable bonds is 6. The lowest BCUT2D eigenvalue weighted by molar-refractivity contribution is 0.0695. The highest BCUT2D eigenvalue weighted by atomic mass is 16.5. The van der Waals surface area contributed by atoms with E-state index in [1.165, 1.54) is 0 Å². The molecule has 34 heavy (non-hydrogen) atoms. The van der Waals surface area contributed by atoms with Crippen LogP contribution in [-0.4, -0.2) is 34.0 Å². The van der Waals surface area contributed by atoms with Crippen molar-refractivity contribution in [1.29, 1.82) is 0 Å². The standard InChI is InChI=1S/C27H29N3O4/c1-17(2)25-28-26(34-29-25)20-10-7-13-30(15-20)27(31)24-18(3)33-23-12-11-21(14-22(23)24)32-16-19-8-5-4-6-9-19/h4-6,8-9,11-12,14,17,20H,7,10,13,15-16H2,1-3H3. The molecule has 0 bridgehead atoms. The number of fused-ring (bicyclic) bond motifs is 1. The second-order valence-electron chi connectivity index (χ2n) is 9.20. The zero-order valence-corrected chi connectivity index (χ0v) is 19.8. The van der Waals surface area contributed by atoms with E-state index in [2.05, 4.69) is 10.1 Å². The third-order valence-electron chi connectivity index (χ3n) is 6.33. The fourth-order valence-electron chi connectivity index (χ4n) is 4.46. The molecule has 1 aliphatic heterocycles. The maximum atomic E-state index is 13.6.